The number of carboxylic acids is 1. The van der Waals surface area contributed by atoms with Crippen LogP contribution in [0.2, 0.25) is 0 Å². The summed E-state index contributed by atoms with van der Waals surface area (Å²) in [5.41, 5.74) is 6.78. The van der Waals surface area contributed by atoms with Gasteiger partial charge in [0.1, 0.15) is 0 Å². The second-order valence-electron chi connectivity index (χ2n) is 5.63. The van der Waals surface area contributed by atoms with Crippen LogP contribution in [0.1, 0.15) is 12.8 Å². The summed E-state index contributed by atoms with van der Waals surface area (Å²) in [6.45, 7) is -0.0242. The average Bonchev–Trinajstić information content (AvgIpc) is 2.52. The van der Waals surface area contributed by atoms with Crippen LogP contribution in [0.25, 0.3) is 0 Å². The zero-order valence-corrected chi connectivity index (χ0v) is 13.7. The van der Waals surface area contributed by atoms with Crippen molar-refractivity contribution in [3.8, 4) is 6.07 Å². The molecule has 1 saturated heterocycles. The summed E-state index contributed by atoms with van der Waals surface area (Å²) in [5.74, 6) is -1.97. The molecule has 0 aliphatic carbocycles. The summed E-state index contributed by atoms with van der Waals surface area (Å²) >= 11 is 0. The van der Waals surface area contributed by atoms with Crippen LogP contribution in [-0.4, -0.2) is 83.6 Å². The zero-order chi connectivity index (χ0) is 18.3. The maximum atomic E-state index is 12.0. The number of nitrogens with zero attached hydrogens (tertiary/aromatic N) is 5. The number of hydrogen-bond acceptors (Lipinski definition) is 8. The van der Waals surface area contributed by atoms with Gasteiger partial charge in [-0.25, -0.2) is 5.01 Å². The fraction of sp³-hybridized carbons (Fsp3) is 0.692. The van der Waals surface area contributed by atoms with E-state index in [1.807, 2.05) is 4.90 Å². The summed E-state index contributed by atoms with van der Waals surface area (Å²) in [5, 5.41) is 31.8. The Morgan fingerprint density at radius 3 is 2.62 bits per heavy atom. The highest BCUT2D eigenvalue weighted by atomic mass is 16.4. The highest BCUT2D eigenvalue weighted by molar-refractivity contribution is 5.96. The Morgan fingerprint density at radius 1 is 1.46 bits per heavy atom. The number of guanidine groups is 1. The second-order valence-corrected chi connectivity index (χ2v) is 5.63. The van der Waals surface area contributed by atoms with Crippen LogP contribution in [0.4, 0.5) is 0 Å². The van der Waals surface area contributed by atoms with Crippen molar-refractivity contribution < 1.29 is 14.7 Å². The molecule has 1 rings (SSSR count). The Kier molecular flexibility index (Phi) is 7.22. The second kappa shape index (κ2) is 8.90. The molecule has 2 atom stereocenters. The third-order valence-corrected chi connectivity index (χ3v) is 3.89. The van der Waals surface area contributed by atoms with Crippen LogP contribution >= 0.6 is 0 Å². The minimum absolute atomic E-state index is 0.172. The summed E-state index contributed by atoms with van der Waals surface area (Å²) in [7, 11) is 3.13. The van der Waals surface area contributed by atoms with E-state index in [1.54, 1.807) is 7.05 Å². The molecule has 4 N–H and O–H groups in total. The summed E-state index contributed by atoms with van der Waals surface area (Å²) in [6.07, 6.45) is 1.22. The molecule has 0 bridgehead atoms. The van der Waals surface area contributed by atoms with E-state index < -0.39 is 11.9 Å². The summed E-state index contributed by atoms with van der Waals surface area (Å²) in [4.78, 5) is 26.5. The molecular weight excluding hydrogens is 316 g/mol. The Hall–Kier alpha value is -2.58. The van der Waals surface area contributed by atoms with Gasteiger partial charge in [-0.05, 0) is 19.9 Å². The van der Waals surface area contributed by atoms with Crippen molar-refractivity contribution in [1.82, 2.24) is 20.1 Å². The smallest absolute Gasteiger partial charge is 0.317 e. The Morgan fingerprint density at radius 2 is 2.12 bits per heavy atom. The molecule has 0 aromatic carbocycles. The van der Waals surface area contributed by atoms with Gasteiger partial charge in [-0.2, -0.15) is 10.8 Å². The van der Waals surface area contributed by atoms with Crippen LogP contribution in [0.3, 0.4) is 0 Å². The van der Waals surface area contributed by atoms with E-state index in [9.17, 15) is 9.59 Å². The monoisotopic (exact) mass is 338 g/mol. The van der Waals surface area contributed by atoms with Gasteiger partial charge in [-0.15, -0.1) is 0 Å². The number of carbonyl (C=O) groups excluding carboxylic acids is 1. The molecular formula is C13H22N8O3. The van der Waals surface area contributed by atoms with Gasteiger partial charge in [-0.3, -0.25) is 30.1 Å². The van der Waals surface area contributed by atoms with Gasteiger partial charge < -0.3 is 5.11 Å². The number of carbonyl (C=O) groups is 2. The number of likely N-dealkylation sites (N-methyl/N-ethyl adjacent to an activating group) is 1. The van der Waals surface area contributed by atoms with Crippen LogP contribution in [-0.2, 0) is 9.59 Å². The van der Waals surface area contributed by atoms with Crippen molar-refractivity contribution in [2.24, 2.45) is 5.22 Å². The van der Waals surface area contributed by atoms with E-state index in [-0.39, 0.29) is 31.1 Å². The van der Waals surface area contributed by atoms with Crippen molar-refractivity contribution in [3.05, 3.63) is 0 Å². The van der Waals surface area contributed by atoms with Crippen LogP contribution in [0.5, 0.6) is 0 Å². The number of carboxylic acid groups (broad SMARTS) is 1. The summed E-state index contributed by atoms with van der Waals surface area (Å²) in [6, 6.07) is 1.81. The largest absolute Gasteiger partial charge is 0.480 e. The minimum atomic E-state index is -1.05. The van der Waals surface area contributed by atoms with Crippen molar-refractivity contribution in [2.45, 2.75) is 24.9 Å². The molecule has 0 saturated carbocycles. The first-order valence-corrected chi connectivity index (χ1v) is 7.33. The van der Waals surface area contributed by atoms with Gasteiger partial charge in [0.15, 0.2) is 0 Å². The average molecular weight is 338 g/mol. The van der Waals surface area contributed by atoms with Crippen molar-refractivity contribution in [2.75, 3.05) is 33.7 Å². The molecule has 1 heterocycles. The Bertz CT molecular complexity index is 546. The van der Waals surface area contributed by atoms with Crippen molar-refractivity contribution in [1.29, 1.82) is 16.2 Å². The number of piperidine rings is 1. The van der Waals surface area contributed by atoms with Crippen LogP contribution in [0, 0.1) is 22.3 Å². The first kappa shape index (κ1) is 19.5. The van der Waals surface area contributed by atoms with Gasteiger partial charge in [0, 0.05) is 19.6 Å². The predicted molar refractivity (Wildman–Crippen MR) is 83.0 cm³/mol. The Labute approximate surface area is 139 Å². The maximum absolute atomic E-state index is 12.0. The molecule has 11 nitrogen and oxygen atoms in total. The molecule has 11 heteroatoms. The molecule has 1 amide bonds. The summed E-state index contributed by atoms with van der Waals surface area (Å²) < 4.78 is 0. The number of nitrogens with one attached hydrogen (secondary N) is 3. The lowest BCUT2D eigenvalue weighted by atomic mass is 9.98. The predicted octanol–water partition coefficient (Wildman–Crippen LogP) is -0.712. The first-order valence-electron chi connectivity index (χ1n) is 7.33. The van der Waals surface area contributed by atoms with Crippen molar-refractivity contribution >= 4 is 17.8 Å². The fourth-order valence-electron chi connectivity index (χ4n) is 2.56. The molecule has 0 aromatic heterocycles. The lowest BCUT2D eigenvalue weighted by Gasteiger charge is -2.39. The third-order valence-electron chi connectivity index (χ3n) is 3.89. The van der Waals surface area contributed by atoms with E-state index in [4.69, 9.17) is 21.3 Å². The molecule has 0 unspecified atom stereocenters. The van der Waals surface area contributed by atoms with Gasteiger partial charge in [0.25, 0.3) is 0 Å². The zero-order valence-electron chi connectivity index (χ0n) is 13.7. The maximum Gasteiger partial charge on any atom is 0.317 e. The number of nitriles is 1. The molecule has 1 aliphatic rings. The Balaban J connectivity index is 2.71. The molecule has 24 heavy (non-hydrogen) atoms. The third kappa shape index (κ3) is 5.56. The van der Waals surface area contributed by atoms with E-state index in [0.29, 0.717) is 19.4 Å². The van der Waals surface area contributed by atoms with Gasteiger partial charge in [0.2, 0.25) is 11.9 Å². The highest BCUT2D eigenvalue weighted by Crippen LogP contribution is 2.19. The van der Waals surface area contributed by atoms with Gasteiger partial charge >= 0.3 is 5.97 Å². The molecule has 132 valence electrons. The van der Waals surface area contributed by atoms with E-state index in [2.05, 4.69) is 16.6 Å². The van der Waals surface area contributed by atoms with Crippen LogP contribution < -0.4 is 5.32 Å². The minimum Gasteiger partial charge on any atom is -0.480 e. The van der Waals surface area contributed by atoms with Gasteiger partial charge in [0.05, 0.1) is 25.2 Å². The van der Waals surface area contributed by atoms with E-state index in [0.717, 1.165) is 5.01 Å². The number of rotatable bonds is 6. The lowest BCUT2D eigenvalue weighted by molar-refractivity contribution is -0.139. The number of amides is 1. The van der Waals surface area contributed by atoms with E-state index >= 15 is 0 Å². The molecule has 1 fully saturated rings. The standard InChI is InChI=1S/C13H22N8O3/c1-19-6-10(4-3-9(19)5-14)21(8-12(23)24)7-11(22)17-13(15)20(2)18-16/h9-10,16H,3-4,6-8H2,1-2H3,(H,23,24)(H2,15,17,22)/t9-,10+/m0/s1. The van der Waals surface area contributed by atoms with Crippen molar-refractivity contribution in [3.63, 3.8) is 0 Å². The first-order chi connectivity index (χ1) is 11.3. The molecule has 0 aromatic rings. The van der Waals surface area contributed by atoms with E-state index in [1.165, 1.54) is 11.9 Å². The topological polar surface area (TPSA) is 160 Å². The lowest BCUT2D eigenvalue weighted by Crippen LogP contribution is -2.54. The number of aliphatic carboxylic acids is 1. The SMILES string of the molecule is CN(N=N)C(=N)NC(=O)CN(CC(=O)O)[C@@H]1CC[C@@H](C#N)N(C)C1. The fourth-order valence-corrected chi connectivity index (χ4v) is 2.56. The van der Waals surface area contributed by atoms with Gasteiger partial charge in [-0.1, -0.05) is 5.22 Å². The normalized spacial score (nSPS) is 20.9. The molecule has 1 aliphatic heterocycles. The molecule has 0 spiro atoms. The number of likely N-dealkylation sites (tertiary alicyclic amines) is 1. The van der Waals surface area contributed by atoms with Crippen LogP contribution in [0.15, 0.2) is 5.22 Å². The number of hydrogen-bond donors (Lipinski definition) is 4. The molecule has 0 radical (unpaired) electrons. The quantitative estimate of drug-likeness (QED) is 0.215. The highest BCUT2D eigenvalue weighted by Gasteiger charge is 2.31.